The number of pyridine rings is 1. The van der Waals surface area contributed by atoms with E-state index in [1.165, 1.54) is 0 Å². The second-order valence-electron chi connectivity index (χ2n) is 7.19. The average molecular weight is 396 g/mol. The van der Waals surface area contributed by atoms with Crippen molar-refractivity contribution in [1.29, 1.82) is 0 Å². The normalized spacial score (nSPS) is 16.9. The fourth-order valence-corrected chi connectivity index (χ4v) is 3.85. The Balaban J connectivity index is 1.47. The molecule has 3 aromatic rings. The van der Waals surface area contributed by atoms with Gasteiger partial charge in [-0.25, -0.2) is 4.98 Å². The summed E-state index contributed by atoms with van der Waals surface area (Å²) in [5.41, 5.74) is 2.43. The van der Waals surface area contributed by atoms with Gasteiger partial charge in [-0.3, -0.25) is 9.78 Å². The van der Waals surface area contributed by atoms with Gasteiger partial charge in [-0.2, -0.15) is 0 Å². The minimum Gasteiger partial charge on any atom is -0.445 e. The van der Waals surface area contributed by atoms with Gasteiger partial charge >= 0.3 is 0 Å². The van der Waals surface area contributed by atoms with Gasteiger partial charge in [0, 0.05) is 30.7 Å². The van der Waals surface area contributed by atoms with Crippen LogP contribution in [0.2, 0.25) is 5.02 Å². The number of halogens is 1. The highest BCUT2D eigenvalue weighted by molar-refractivity contribution is 6.31. The van der Waals surface area contributed by atoms with E-state index in [9.17, 15) is 4.79 Å². The third kappa shape index (κ3) is 3.94. The Morgan fingerprint density at radius 2 is 2.11 bits per heavy atom. The molecule has 1 unspecified atom stereocenters. The number of amides is 1. The van der Waals surface area contributed by atoms with E-state index in [1.54, 1.807) is 12.4 Å². The van der Waals surface area contributed by atoms with Gasteiger partial charge in [-0.05, 0) is 43.0 Å². The van der Waals surface area contributed by atoms with Crippen LogP contribution in [0.15, 0.2) is 53.2 Å². The minimum absolute atomic E-state index is 0.0225. The lowest BCUT2D eigenvalue weighted by Crippen LogP contribution is -2.39. The maximum Gasteiger partial charge on any atom is 0.272 e. The maximum atomic E-state index is 12.9. The third-order valence-corrected chi connectivity index (χ3v) is 5.53. The molecule has 0 aliphatic carbocycles. The molecule has 6 heteroatoms. The molecule has 1 aliphatic heterocycles. The van der Waals surface area contributed by atoms with Crippen LogP contribution in [0.4, 0.5) is 0 Å². The van der Waals surface area contributed by atoms with E-state index < -0.39 is 0 Å². The number of hydrogen-bond acceptors (Lipinski definition) is 4. The Hall–Kier alpha value is -2.66. The number of piperidine rings is 1. The molecule has 1 aromatic carbocycles. The summed E-state index contributed by atoms with van der Waals surface area (Å²) in [6.07, 6.45) is 5.91. The van der Waals surface area contributed by atoms with E-state index in [4.69, 9.17) is 16.0 Å². The standard InChI is InChI=1S/C22H22ClN3O2/c1-15-6-4-10-24-20(15)22(27)26-11-5-8-17(14-26)21-25-13-18(28-21)12-16-7-2-3-9-19(16)23/h2-4,6-7,9-10,13,17H,5,8,11-12,14H2,1H3. The smallest absolute Gasteiger partial charge is 0.272 e. The first-order valence-corrected chi connectivity index (χ1v) is 9.88. The third-order valence-electron chi connectivity index (χ3n) is 5.16. The van der Waals surface area contributed by atoms with Gasteiger partial charge in [-0.1, -0.05) is 35.9 Å². The summed E-state index contributed by atoms with van der Waals surface area (Å²) in [5, 5.41) is 0.723. The van der Waals surface area contributed by atoms with Crippen LogP contribution < -0.4 is 0 Å². The lowest BCUT2D eigenvalue weighted by Gasteiger charge is -2.31. The fourth-order valence-electron chi connectivity index (χ4n) is 3.65. The van der Waals surface area contributed by atoms with E-state index in [0.717, 1.165) is 41.3 Å². The zero-order chi connectivity index (χ0) is 19.5. The molecule has 1 saturated heterocycles. The molecule has 0 saturated carbocycles. The molecule has 144 valence electrons. The van der Waals surface area contributed by atoms with E-state index >= 15 is 0 Å². The van der Waals surface area contributed by atoms with Crippen molar-refractivity contribution in [3.8, 4) is 0 Å². The van der Waals surface area contributed by atoms with Crippen molar-refractivity contribution in [3.05, 3.63) is 82.3 Å². The second kappa shape index (κ2) is 8.15. The van der Waals surface area contributed by atoms with E-state index in [2.05, 4.69) is 9.97 Å². The number of benzene rings is 1. The molecule has 4 rings (SSSR count). The Morgan fingerprint density at radius 3 is 2.93 bits per heavy atom. The van der Waals surface area contributed by atoms with Crippen molar-refractivity contribution in [2.75, 3.05) is 13.1 Å². The van der Waals surface area contributed by atoms with Crippen molar-refractivity contribution in [1.82, 2.24) is 14.9 Å². The molecule has 0 radical (unpaired) electrons. The van der Waals surface area contributed by atoms with Gasteiger partial charge < -0.3 is 9.32 Å². The summed E-state index contributed by atoms with van der Waals surface area (Å²) < 4.78 is 6.02. The van der Waals surface area contributed by atoms with Gasteiger partial charge in [0.25, 0.3) is 5.91 Å². The Labute approximate surface area is 169 Å². The van der Waals surface area contributed by atoms with Crippen LogP contribution in [0.5, 0.6) is 0 Å². The number of aromatic nitrogens is 2. The van der Waals surface area contributed by atoms with Gasteiger partial charge in [0.1, 0.15) is 11.5 Å². The predicted octanol–water partition coefficient (Wildman–Crippen LogP) is 4.64. The van der Waals surface area contributed by atoms with Crippen molar-refractivity contribution >= 4 is 17.5 Å². The van der Waals surface area contributed by atoms with Gasteiger partial charge in [0.15, 0.2) is 5.89 Å². The van der Waals surface area contributed by atoms with Gasteiger partial charge in [0.05, 0.1) is 12.1 Å². The molecule has 1 fully saturated rings. The van der Waals surface area contributed by atoms with Crippen LogP contribution in [0, 0.1) is 6.92 Å². The number of likely N-dealkylation sites (tertiary alicyclic amines) is 1. The topological polar surface area (TPSA) is 59.2 Å². The summed E-state index contributed by atoms with van der Waals surface area (Å²) in [6.45, 7) is 3.25. The van der Waals surface area contributed by atoms with E-state index in [-0.39, 0.29) is 11.8 Å². The number of nitrogens with zero attached hydrogens (tertiary/aromatic N) is 3. The quantitative estimate of drug-likeness (QED) is 0.645. The predicted molar refractivity (Wildman–Crippen MR) is 108 cm³/mol. The number of carbonyl (C=O) groups excluding carboxylic acids is 1. The largest absolute Gasteiger partial charge is 0.445 e. The van der Waals surface area contributed by atoms with E-state index in [1.807, 2.05) is 48.2 Å². The first-order valence-electron chi connectivity index (χ1n) is 9.50. The zero-order valence-electron chi connectivity index (χ0n) is 15.8. The Kier molecular flexibility index (Phi) is 5.44. The van der Waals surface area contributed by atoms with Crippen LogP contribution in [-0.4, -0.2) is 33.9 Å². The van der Waals surface area contributed by atoms with Crippen LogP contribution >= 0.6 is 11.6 Å². The summed E-state index contributed by atoms with van der Waals surface area (Å²) in [7, 11) is 0. The Morgan fingerprint density at radius 1 is 1.25 bits per heavy atom. The highest BCUT2D eigenvalue weighted by Gasteiger charge is 2.29. The molecule has 1 amide bonds. The number of hydrogen-bond donors (Lipinski definition) is 0. The zero-order valence-corrected chi connectivity index (χ0v) is 16.5. The number of rotatable bonds is 4. The van der Waals surface area contributed by atoms with Gasteiger partial charge in [-0.15, -0.1) is 0 Å². The summed E-state index contributed by atoms with van der Waals surface area (Å²) in [4.78, 5) is 23.5. The number of oxazole rings is 1. The monoisotopic (exact) mass is 395 g/mol. The molecule has 0 N–H and O–H groups in total. The minimum atomic E-state index is -0.0225. The molecular weight excluding hydrogens is 374 g/mol. The van der Waals surface area contributed by atoms with Crippen molar-refractivity contribution in [3.63, 3.8) is 0 Å². The van der Waals surface area contributed by atoms with Gasteiger partial charge in [0.2, 0.25) is 0 Å². The van der Waals surface area contributed by atoms with Crippen LogP contribution in [0.25, 0.3) is 0 Å². The van der Waals surface area contributed by atoms with Crippen LogP contribution in [0.3, 0.4) is 0 Å². The lowest BCUT2D eigenvalue weighted by atomic mass is 9.97. The molecule has 0 bridgehead atoms. The second-order valence-corrected chi connectivity index (χ2v) is 7.60. The molecular formula is C22H22ClN3O2. The molecule has 0 spiro atoms. The molecule has 1 aliphatic rings. The summed E-state index contributed by atoms with van der Waals surface area (Å²) in [6, 6.07) is 11.5. The molecule has 3 heterocycles. The van der Waals surface area contributed by atoms with Crippen LogP contribution in [0.1, 0.15) is 52.0 Å². The average Bonchev–Trinajstić information content (AvgIpc) is 3.18. The fraction of sp³-hybridized carbons (Fsp3) is 0.318. The lowest BCUT2D eigenvalue weighted by molar-refractivity contribution is 0.0691. The Bertz CT molecular complexity index is 985. The molecule has 2 aromatic heterocycles. The van der Waals surface area contributed by atoms with Crippen molar-refractivity contribution < 1.29 is 9.21 Å². The van der Waals surface area contributed by atoms with Crippen molar-refractivity contribution in [2.24, 2.45) is 0 Å². The molecule has 1 atom stereocenters. The van der Waals surface area contributed by atoms with Crippen LogP contribution in [-0.2, 0) is 6.42 Å². The first-order chi connectivity index (χ1) is 13.6. The first kappa shape index (κ1) is 18.7. The van der Waals surface area contributed by atoms with Crippen molar-refractivity contribution in [2.45, 2.75) is 32.1 Å². The molecule has 28 heavy (non-hydrogen) atoms. The van der Waals surface area contributed by atoms with E-state index in [0.29, 0.717) is 24.6 Å². The molecule has 5 nitrogen and oxygen atoms in total. The SMILES string of the molecule is Cc1cccnc1C(=O)N1CCCC(c2ncc(Cc3ccccc3Cl)o2)C1. The summed E-state index contributed by atoms with van der Waals surface area (Å²) >= 11 is 6.24. The number of aryl methyl sites for hydroxylation is 1. The highest BCUT2D eigenvalue weighted by Crippen LogP contribution is 2.29. The number of carbonyl (C=O) groups is 1. The summed E-state index contributed by atoms with van der Waals surface area (Å²) in [5.74, 6) is 1.55. The highest BCUT2D eigenvalue weighted by atomic mass is 35.5. The maximum absolute atomic E-state index is 12.9.